The summed E-state index contributed by atoms with van der Waals surface area (Å²) in [5.41, 5.74) is 8.23. The van der Waals surface area contributed by atoms with Crippen molar-refractivity contribution in [2.24, 2.45) is 0 Å². The van der Waals surface area contributed by atoms with Gasteiger partial charge in [-0.25, -0.2) is 0 Å². The zero-order chi connectivity index (χ0) is 23.5. The number of aryl methyl sites for hydroxylation is 1. The summed E-state index contributed by atoms with van der Waals surface area (Å²) in [5, 5.41) is 2.91. The number of aromatic nitrogens is 1. The van der Waals surface area contributed by atoms with Gasteiger partial charge in [0, 0.05) is 17.3 Å². The molecule has 2 heteroatoms. The highest BCUT2D eigenvalue weighted by Gasteiger charge is 2.25. The van der Waals surface area contributed by atoms with Crippen LogP contribution in [-0.2, 0) is 0 Å². The van der Waals surface area contributed by atoms with Gasteiger partial charge in [0.05, 0.1) is 5.69 Å². The van der Waals surface area contributed by atoms with Crippen LogP contribution in [-0.4, -0.2) is 13.1 Å². The number of pyridine rings is 1. The highest BCUT2D eigenvalue weighted by Crippen LogP contribution is 2.29. The van der Waals surface area contributed by atoms with Gasteiger partial charge >= 0.3 is 0 Å². The second-order valence-electron chi connectivity index (χ2n) is 9.40. The molecular formula is C32H29NSi. The van der Waals surface area contributed by atoms with E-state index in [4.69, 9.17) is 4.98 Å². The lowest BCUT2D eigenvalue weighted by Gasteiger charge is -2.24. The van der Waals surface area contributed by atoms with Crippen LogP contribution < -0.4 is 10.4 Å². The van der Waals surface area contributed by atoms with Crippen molar-refractivity contribution < 1.29 is 0 Å². The molecule has 1 heterocycles. The SMILES string of the molecule is Cc1cc(-c2cccc(-c3ccccc3)c2)ncc1-c1ccc([Si](C)(C)c2ccccc2)cc1. The molecule has 1 aromatic heterocycles. The quantitative estimate of drug-likeness (QED) is 0.255. The van der Waals surface area contributed by atoms with E-state index in [1.807, 2.05) is 12.3 Å². The average Bonchev–Trinajstić information content (AvgIpc) is 2.90. The molecule has 0 spiro atoms. The molecule has 0 atom stereocenters. The van der Waals surface area contributed by atoms with E-state index in [9.17, 15) is 0 Å². The van der Waals surface area contributed by atoms with Gasteiger partial charge in [0.2, 0.25) is 0 Å². The normalized spacial score (nSPS) is 11.4. The lowest BCUT2D eigenvalue weighted by Crippen LogP contribution is -2.52. The zero-order valence-corrected chi connectivity index (χ0v) is 21.0. The summed E-state index contributed by atoms with van der Waals surface area (Å²) in [6.07, 6.45) is 2.02. The summed E-state index contributed by atoms with van der Waals surface area (Å²) >= 11 is 0. The van der Waals surface area contributed by atoms with Crippen molar-refractivity contribution in [3.05, 3.63) is 127 Å². The summed E-state index contributed by atoms with van der Waals surface area (Å²) < 4.78 is 0. The van der Waals surface area contributed by atoms with Crippen molar-refractivity contribution in [1.82, 2.24) is 4.98 Å². The highest BCUT2D eigenvalue weighted by molar-refractivity contribution is 7.00. The second-order valence-corrected chi connectivity index (χ2v) is 13.8. The van der Waals surface area contributed by atoms with Crippen LogP contribution >= 0.6 is 0 Å². The lowest BCUT2D eigenvalue weighted by atomic mass is 9.98. The number of rotatable bonds is 5. The van der Waals surface area contributed by atoms with Gasteiger partial charge in [-0.2, -0.15) is 0 Å². The van der Waals surface area contributed by atoms with Gasteiger partial charge in [-0.15, -0.1) is 0 Å². The molecule has 0 fully saturated rings. The van der Waals surface area contributed by atoms with Gasteiger partial charge in [-0.05, 0) is 41.3 Å². The van der Waals surface area contributed by atoms with Crippen molar-refractivity contribution in [3.63, 3.8) is 0 Å². The van der Waals surface area contributed by atoms with Crippen LogP contribution in [0.1, 0.15) is 5.56 Å². The predicted octanol–water partition coefficient (Wildman–Crippen LogP) is 7.21. The predicted molar refractivity (Wildman–Crippen MR) is 148 cm³/mol. The molecule has 0 radical (unpaired) electrons. The van der Waals surface area contributed by atoms with Crippen molar-refractivity contribution >= 4 is 18.4 Å². The smallest absolute Gasteiger partial charge is 0.112 e. The van der Waals surface area contributed by atoms with E-state index in [0.29, 0.717) is 0 Å². The first kappa shape index (κ1) is 22.1. The minimum atomic E-state index is -1.70. The molecule has 0 aliphatic carbocycles. The Morgan fingerprint density at radius 1 is 0.529 bits per heavy atom. The van der Waals surface area contributed by atoms with Crippen molar-refractivity contribution in [2.45, 2.75) is 20.0 Å². The fourth-order valence-corrected chi connectivity index (χ4v) is 6.95. The molecule has 0 aliphatic rings. The minimum absolute atomic E-state index is 1.01. The Bertz CT molecular complexity index is 1410. The Kier molecular flexibility index (Phi) is 6.00. The molecule has 5 aromatic rings. The number of hydrogen-bond acceptors (Lipinski definition) is 1. The van der Waals surface area contributed by atoms with E-state index in [1.165, 1.54) is 38.2 Å². The summed E-state index contributed by atoms with van der Waals surface area (Å²) in [6, 6.07) is 41.4. The molecule has 0 saturated heterocycles. The summed E-state index contributed by atoms with van der Waals surface area (Å²) in [5.74, 6) is 0. The van der Waals surface area contributed by atoms with Gasteiger partial charge < -0.3 is 0 Å². The molecule has 0 aliphatic heterocycles. The molecule has 0 N–H and O–H groups in total. The Balaban J connectivity index is 1.43. The van der Waals surface area contributed by atoms with Crippen molar-refractivity contribution in [3.8, 4) is 33.5 Å². The maximum atomic E-state index is 4.85. The number of benzene rings is 4. The number of hydrogen-bond donors (Lipinski definition) is 0. The average molecular weight is 456 g/mol. The third kappa shape index (κ3) is 4.37. The monoisotopic (exact) mass is 455 g/mol. The topological polar surface area (TPSA) is 12.9 Å². The van der Waals surface area contributed by atoms with Crippen molar-refractivity contribution in [1.29, 1.82) is 0 Å². The van der Waals surface area contributed by atoms with Crippen LogP contribution in [0.5, 0.6) is 0 Å². The Labute approximate surface area is 203 Å². The maximum absolute atomic E-state index is 4.85. The van der Waals surface area contributed by atoms with Gasteiger partial charge in [-0.3, -0.25) is 4.98 Å². The third-order valence-corrected chi connectivity index (χ3v) is 10.3. The van der Waals surface area contributed by atoms with E-state index in [-0.39, 0.29) is 0 Å². The zero-order valence-electron chi connectivity index (χ0n) is 20.0. The first-order valence-electron chi connectivity index (χ1n) is 11.8. The molecule has 0 amide bonds. The van der Waals surface area contributed by atoms with E-state index < -0.39 is 8.07 Å². The third-order valence-electron chi connectivity index (χ3n) is 6.79. The maximum Gasteiger partial charge on any atom is 0.112 e. The molecule has 166 valence electrons. The first-order chi connectivity index (χ1) is 16.5. The van der Waals surface area contributed by atoms with Crippen molar-refractivity contribution in [2.75, 3.05) is 0 Å². The molecular weight excluding hydrogens is 426 g/mol. The van der Waals surface area contributed by atoms with Crippen LogP contribution in [0.4, 0.5) is 0 Å². The van der Waals surface area contributed by atoms with Crippen LogP contribution in [0.3, 0.4) is 0 Å². The fraction of sp³-hybridized carbons (Fsp3) is 0.0938. The molecule has 34 heavy (non-hydrogen) atoms. The van der Waals surface area contributed by atoms with Crippen LogP contribution in [0.2, 0.25) is 13.1 Å². The summed E-state index contributed by atoms with van der Waals surface area (Å²) in [6.45, 7) is 7.02. The molecule has 0 bridgehead atoms. The highest BCUT2D eigenvalue weighted by atomic mass is 28.3. The molecule has 0 saturated carbocycles. The van der Waals surface area contributed by atoms with Gasteiger partial charge in [0.15, 0.2) is 0 Å². The molecule has 1 nitrogen and oxygen atoms in total. The van der Waals surface area contributed by atoms with Crippen LogP contribution in [0, 0.1) is 6.92 Å². The first-order valence-corrected chi connectivity index (χ1v) is 14.8. The number of nitrogens with zero attached hydrogens (tertiary/aromatic N) is 1. The Hall–Kier alpha value is -3.75. The minimum Gasteiger partial charge on any atom is -0.256 e. The molecule has 0 unspecified atom stereocenters. The van der Waals surface area contributed by atoms with E-state index in [1.54, 1.807) is 0 Å². The fourth-order valence-electron chi connectivity index (χ4n) is 4.59. The van der Waals surface area contributed by atoms with Crippen LogP contribution in [0.15, 0.2) is 121 Å². The molecule has 4 aromatic carbocycles. The van der Waals surface area contributed by atoms with E-state index in [0.717, 1.165) is 11.3 Å². The largest absolute Gasteiger partial charge is 0.256 e. The Morgan fingerprint density at radius 3 is 1.79 bits per heavy atom. The van der Waals surface area contributed by atoms with E-state index >= 15 is 0 Å². The Morgan fingerprint density at radius 2 is 1.12 bits per heavy atom. The lowest BCUT2D eigenvalue weighted by molar-refractivity contribution is 1.29. The van der Waals surface area contributed by atoms with E-state index in [2.05, 4.69) is 129 Å². The standard InChI is InChI=1S/C32H29NSi/c1-24-21-32(28-14-10-13-27(22-28)25-11-6-4-7-12-25)33-23-31(24)26-17-19-30(20-18-26)34(2,3)29-15-8-5-9-16-29/h4-23H,1-3H3. The van der Waals surface area contributed by atoms with Gasteiger partial charge in [0.1, 0.15) is 8.07 Å². The molecule has 5 rings (SSSR count). The summed E-state index contributed by atoms with van der Waals surface area (Å²) in [4.78, 5) is 4.85. The van der Waals surface area contributed by atoms with Gasteiger partial charge in [0.25, 0.3) is 0 Å². The van der Waals surface area contributed by atoms with Crippen LogP contribution in [0.25, 0.3) is 33.5 Å². The second kappa shape index (κ2) is 9.24. The summed E-state index contributed by atoms with van der Waals surface area (Å²) in [7, 11) is -1.70. The van der Waals surface area contributed by atoms with Gasteiger partial charge in [-0.1, -0.05) is 127 Å².